The number of carbonyl (C=O) groups excluding carboxylic acids is 1. The molecule has 0 aliphatic rings. The van der Waals surface area contributed by atoms with E-state index in [0.29, 0.717) is 18.3 Å². The van der Waals surface area contributed by atoms with Crippen molar-refractivity contribution < 1.29 is 4.79 Å². The molecule has 0 saturated heterocycles. The largest absolute Gasteiger partial charge is 0.342 e. The predicted octanol–water partition coefficient (Wildman–Crippen LogP) is 1.38. The van der Waals surface area contributed by atoms with Gasteiger partial charge in [0.25, 0.3) is 0 Å². The van der Waals surface area contributed by atoms with Crippen LogP contribution in [0.3, 0.4) is 0 Å². The van der Waals surface area contributed by atoms with Crippen LogP contribution in [-0.2, 0) is 4.79 Å². The van der Waals surface area contributed by atoms with E-state index in [1.54, 1.807) is 11.8 Å². The first-order valence-electron chi connectivity index (χ1n) is 6.82. The van der Waals surface area contributed by atoms with Crippen molar-refractivity contribution in [3.63, 3.8) is 0 Å². The van der Waals surface area contributed by atoms with E-state index < -0.39 is 6.04 Å². The number of aromatic nitrogens is 5. The summed E-state index contributed by atoms with van der Waals surface area (Å²) in [5.41, 5.74) is 1.71. The van der Waals surface area contributed by atoms with E-state index in [1.807, 2.05) is 26.2 Å². The van der Waals surface area contributed by atoms with Crippen LogP contribution in [0.4, 0.5) is 11.9 Å². The number of anilines is 2. The van der Waals surface area contributed by atoms with Crippen LogP contribution in [0, 0.1) is 13.8 Å². The minimum Gasteiger partial charge on any atom is -0.342 e. The topological polar surface area (TPSA) is 108 Å². The van der Waals surface area contributed by atoms with E-state index in [2.05, 4.69) is 35.8 Å². The summed E-state index contributed by atoms with van der Waals surface area (Å²) in [7, 11) is 0. The number of hydrogen-bond donors (Lipinski definition) is 3. The molecule has 0 spiro atoms. The second-order valence-corrected chi connectivity index (χ2v) is 5.76. The molecule has 22 heavy (non-hydrogen) atoms. The van der Waals surface area contributed by atoms with Gasteiger partial charge in [0.05, 0.1) is 0 Å². The van der Waals surface area contributed by atoms with Gasteiger partial charge in [0.1, 0.15) is 12.4 Å². The van der Waals surface area contributed by atoms with E-state index in [-0.39, 0.29) is 5.91 Å². The third-order valence-electron chi connectivity index (χ3n) is 2.87. The smallest absolute Gasteiger partial charge is 0.249 e. The summed E-state index contributed by atoms with van der Waals surface area (Å²) in [6, 6.07) is 1.44. The Kier molecular flexibility index (Phi) is 5.70. The molecule has 9 heteroatoms. The molecule has 0 bridgehead atoms. The first-order valence-corrected chi connectivity index (χ1v) is 8.22. The SMILES string of the molecule is CSCC[C@@H](Nc1nc(C)cc(C)n1)C(=O)Nc1ncn[nH]1. The molecule has 0 unspecified atom stereocenters. The van der Waals surface area contributed by atoms with Gasteiger partial charge in [-0.15, -0.1) is 0 Å². The fourth-order valence-electron chi connectivity index (χ4n) is 1.92. The maximum Gasteiger partial charge on any atom is 0.249 e. The van der Waals surface area contributed by atoms with Gasteiger partial charge in [-0.3, -0.25) is 10.1 Å². The van der Waals surface area contributed by atoms with Gasteiger partial charge in [-0.25, -0.2) is 15.1 Å². The van der Waals surface area contributed by atoms with Crippen molar-refractivity contribution in [2.45, 2.75) is 26.3 Å². The number of aromatic amines is 1. The van der Waals surface area contributed by atoms with Crippen LogP contribution in [0.1, 0.15) is 17.8 Å². The molecule has 2 heterocycles. The third kappa shape index (κ3) is 4.69. The van der Waals surface area contributed by atoms with Gasteiger partial charge in [-0.1, -0.05) is 0 Å². The molecule has 3 N–H and O–H groups in total. The van der Waals surface area contributed by atoms with Crippen molar-refractivity contribution in [3.8, 4) is 0 Å². The van der Waals surface area contributed by atoms with Crippen LogP contribution in [-0.4, -0.2) is 49.1 Å². The van der Waals surface area contributed by atoms with Gasteiger partial charge in [-0.2, -0.15) is 21.8 Å². The van der Waals surface area contributed by atoms with Crippen LogP contribution >= 0.6 is 11.8 Å². The molecule has 0 saturated carbocycles. The molecule has 0 aliphatic heterocycles. The number of amides is 1. The minimum absolute atomic E-state index is 0.200. The molecule has 0 radical (unpaired) electrons. The predicted molar refractivity (Wildman–Crippen MR) is 86.9 cm³/mol. The van der Waals surface area contributed by atoms with E-state index in [1.165, 1.54) is 6.33 Å². The highest BCUT2D eigenvalue weighted by molar-refractivity contribution is 7.98. The van der Waals surface area contributed by atoms with Crippen LogP contribution < -0.4 is 10.6 Å². The minimum atomic E-state index is -0.446. The second-order valence-electron chi connectivity index (χ2n) is 4.78. The number of hydrogen-bond acceptors (Lipinski definition) is 7. The normalized spacial score (nSPS) is 12.0. The van der Waals surface area contributed by atoms with E-state index in [4.69, 9.17) is 0 Å². The Morgan fingerprint density at radius 1 is 1.36 bits per heavy atom. The highest BCUT2D eigenvalue weighted by Crippen LogP contribution is 2.10. The van der Waals surface area contributed by atoms with Gasteiger partial charge >= 0.3 is 0 Å². The van der Waals surface area contributed by atoms with E-state index in [9.17, 15) is 4.79 Å². The Labute approximate surface area is 132 Å². The number of carbonyl (C=O) groups is 1. The number of aryl methyl sites for hydroxylation is 2. The van der Waals surface area contributed by atoms with Gasteiger partial charge in [0.15, 0.2) is 0 Å². The molecule has 0 aromatic carbocycles. The average Bonchev–Trinajstić information content (AvgIpc) is 2.95. The molecule has 8 nitrogen and oxygen atoms in total. The van der Waals surface area contributed by atoms with E-state index >= 15 is 0 Å². The van der Waals surface area contributed by atoms with Gasteiger partial charge < -0.3 is 5.32 Å². The molecule has 1 amide bonds. The maximum absolute atomic E-state index is 12.4. The zero-order chi connectivity index (χ0) is 15.9. The molecular formula is C13H19N7OS. The first kappa shape index (κ1) is 16.2. The van der Waals surface area contributed by atoms with Crippen molar-refractivity contribution in [1.82, 2.24) is 25.1 Å². The van der Waals surface area contributed by atoms with Crippen molar-refractivity contribution in [2.24, 2.45) is 0 Å². The van der Waals surface area contributed by atoms with Gasteiger partial charge in [0, 0.05) is 11.4 Å². The molecular weight excluding hydrogens is 302 g/mol. The molecule has 0 fully saturated rings. The van der Waals surface area contributed by atoms with Crippen LogP contribution in [0.2, 0.25) is 0 Å². The number of H-pyrrole nitrogens is 1. The first-order chi connectivity index (χ1) is 10.6. The molecule has 2 aromatic rings. The quantitative estimate of drug-likeness (QED) is 0.707. The summed E-state index contributed by atoms with van der Waals surface area (Å²) in [5, 5.41) is 12.1. The van der Waals surface area contributed by atoms with Crippen molar-refractivity contribution >= 4 is 29.6 Å². The molecule has 1 atom stereocenters. The molecule has 0 aliphatic carbocycles. The van der Waals surface area contributed by atoms with Crippen LogP contribution in [0.15, 0.2) is 12.4 Å². The Balaban J connectivity index is 2.09. The Bertz CT molecular complexity index is 597. The van der Waals surface area contributed by atoms with Gasteiger partial charge in [-0.05, 0) is 38.3 Å². The Morgan fingerprint density at radius 3 is 2.68 bits per heavy atom. The lowest BCUT2D eigenvalue weighted by Crippen LogP contribution is -2.36. The second kappa shape index (κ2) is 7.74. The summed E-state index contributed by atoms with van der Waals surface area (Å²) in [5.74, 6) is 1.42. The summed E-state index contributed by atoms with van der Waals surface area (Å²) in [4.78, 5) is 24.9. The highest BCUT2D eigenvalue weighted by Gasteiger charge is 2.20. The Morgan fingerprint density at radius 2 is 2.09 bits per heavy atom. The lowest BCUT2D eigenvalue weighted by molar-refractivity contribution is -0.117. The summed E-state index contributed by atoms with van der Waals surface area (Å²) >= 11 is 1.68. The van der Waals surface area contributed by atoms with Crippen LogP contribution in [0.25, 0.3) is 0 Å². The van der Waals surface area contributed by atoms with Gasteiger partial charge in [0.2, 0.25) is 17.8 Å². The number of thioether (sulfide) groups is 1. The summed E-state index contributed by atoms with van der Waals surface area (Å²) < 4.78 is 0. The Hall–Kier alpha value is -2.16. The lowest BCUT2D eigenvalue weighted by atomic mass is 10.2. The summed E-state index contributed by atoms with van der Waals surface area (Å²) in [6.07, 6.45) is 3.99. The van der Waals surface area contributed by atoms with Crippen molar-refractivity contribution in [2.75, 3.05) is 22.6 Å². The van der Waals surface area contributed by atoms with Crippen molar-refractivity contribution in [3.05, 3.63) is 23.8 Å². The monoisotopic (exact) mass is 321 g/mol. The lowest BCUT2D eigenvalue weighted by Gasteiger charge is -2.17. The van der Waals surface area contributed by atoms with Crippen molar-refractivity contribution in [1.29, 1.82) is 0 Å². The number of nitrogens with zero attached hydrogens (tertiary/aromatic N) is 4. The molecule has 2 aromatic heterocycles. The fraction of sp³-hybridized carbons (Fsp3) is 0.462. The van der Waals surface area contributed by atoms with E-state index in [0.717, 1.165) is 17.1 Å². The zero-order valence-corrected chi connectivity index (χ0v) is 13.6. The number of rotatable bonds is 7. The average molecular weight is 321 g/mol. The number of nitrogens with one attached hydrogen (secondary N) is 3. The third-order valence-corrected chi connectivity index (χ3v) is 3.51. The molecule has 118 valence electrons. The highest BCUT2D eigenvalue weighted by atomic mass is 32.2. The standard InChI is InChI=1S/C13H19N7OS/c1-8-6-9(2)17-13(16-8)18-10(4-5-22-3)11(21)19-12-14-7-15-20-12/h6-7,10H,4-5H2,1-3H3,(H,16,17,18)(H2,14,15,19,20,21)/t10-/m1/s1. The van der Waals surface area contributed by atoms with Crippen LogP contribution in [0.5, 0.6) is 0 Å². The fourth-order valence-corrected chi connectivity index (χ4v) is 2.39. The zero-order valence-electron chi connectivity index (χ0n) is 12.8. The molecule has 2 rings (SSSR count). The maximum atomic E-state index is 12.4. The summed E-state index contributed by atoms with van der Waals surface area (Å²) in [6.45, 7) is 3.79.